The molecule has 2 atom stereocenters. The normalized spacial score (nSPS) is 14.8. The fourth-order valence-corrected chi connectivity index (χ4v) is 5.30. The Morgan fingerprint density at radius 2 is 1.05 bits per heavy atom. The fourth-order valence-electron chi connectivity index (χ4n) is 4.58. The largest absolute Gasteiger partial charge is 0.756 e. The molecule has 2 unspecified atom stereocenters. The van der Waals surface area contributed by atoms with Gasteiger partial charge in [-0.15, -0.1) is 0 Å². The summed E-state index contributed by atoms with van der Waals surface area (Å²) in [7, 11) is 1.08. The molecule has 310 valence electrons. The van der Waals surface area contributed by atoms with E-state index in [1.807, 2.05) is 94.1 Å². The molecule has 0 saturated carbocycles. The summed E-state index contributed by atoms with van der Waals surface area (Å²) < 4.78 is 33.7. The molecule has 0 heterocycles. The highest BCUT2D eigenvalue weighted by molar-refractivity contribution is 7.45. The van der Waals surface area contributed by atoms with Crippen molar-refractivity contribution in [1.29, 1.82) is 0 Å². The van der Waals surface area contributed by atoms with E-state index in [0.29, 0.717) is 30.3 Å². The molecule has 0 amide bonds. The Bertz CT molecular complexity index is 1300. The Hall–Kier alpha value is -3.33. The maximum atomic E-state index is 12.6. The number of quaternary nitrogens is 1. The van der Waals surface area contributed by atoms with Crippen LogP contribution in [0, 0.1) is 0 Å². The minimum Gasteiger partial charge on any atom is -0.756 e. The Morgan fingerprint density at radius 3 is 1.60 bits per heavy atom. The first-order chi connectivity index (χ1) is 26.5. The van der Waals surface area contributed by atoms with Crippen molar-refractivity contribution in [2.45, 2.75) is 116 Å². The van der Waals surface area contributed by atoms with Gasteiger partial charge in [0.25, 0.3) is 7.82 Å². The minimum atomic E-state index is -4.65. The van der Waals surface area contributed by atoms with Crippen LogP contribution in [0.3, 0.4) is 0 Å². The van der Waals surface area contributed by atoms with Gasteiger partial charge in [0.2, 0.25) is 0 Å². The fraction of sp³-hybridized carbons (Fsp3) is 0.556. The number of unbranched alkanes of at least 4 members (excludes halogenated alkanes) is 9. The Labute approximate surface area is 334 Å². The van der Waals surface area contributed by atoms with Crippen molar-refractivity contribution >= 4 is 19.8 Å². The second kappa shape index (κ2) is 36.3. The number of nitrogens with zero attached hydrogens (tertiary/aromatic N) is 1. The molecule has 0 aromatic rings. The molecule has 0 N–H and O–H groups in total. The molecule has 0 radical (unpaired) electrons. The summed E-state index contributed by atoms with van der Waals surface area (Å²) in [6.07, 6.45) is 48.4. The summed E-state index contributed by atoms with van der Waals surface area (Å²) >= 11 is 0. The number of phosphoric acid groups is 1. The first kappa shape index (κ1) is 51.7. The van der Waals surface area contributed by atoms with Crippen LogP contribution in [0.15, 0.2) is 109 Å². The van der Waals surface area contributed by atoms with Gasteiger partial charge in [0.15, 0.2) is 6.10 Å². The van der Waals surface area contributed by atoms with Gasteiger partial charge in [0.1, 0.15) is 19.8 Å². The lowest BCUT2D eigenvalue weighted by Crippen LogP contribution is -2.37. The maximum Gasteiger partial charge on any atom is 0.306 e. The van der Waals surface area contributed by atoms with Gasteiger partial charge >= 0.3 is 11.9 Å². The molecule has 0 aliphatic rings. The zero-order valence-corrected chi connectivity index (χ0v) is 35.5. The number of hydrogen-bond acceptors (Lipinski definition) is 8. The average molecular weight is 786 g/mol. The summed E-state index contributed by atoms with van der Waals surface area (Å²) in [6.45, 7) is 3.88. The summed E-state index contributed by atoms with van der Waals surface area (Å²) in [5.74, 6) is -0.963. The van der Waals surface area contributed by atoms with Crippen LogP contribution in [0.1, 0.15) is 110 Å². The van der Waals surface area contributed by atoms with Gasteiger partial charge in [-0.05, 0) is 51.4 Å². The zero-order valence-electron chi connectivity index (χ0n) is 34.6. The number of esters is 2. The van der Waals surface area contributed by atoms with E-state index < -0.39 is 32.5 Å². The van der Waals surface area contributed by atoms with Crippen molar-refractivity contribution < 1.29 is 42.1 Å². The monoisotopic (exact) mass is 785 g/mol. The number of phosphoric ester groups is 1. The number of rotatable bonds is 34. The van der Waals surface area contributed by atoms with E-state index in [1.54, 1.807) is 0 Å². The van der Waals surface area contributed by atoms with Crippen molar-refractivity contribution in [1.82, 2.24) is 0 Å². The third-order valence-corrected chi connectivity index (χ3v) is 8.71. The molecule has 0 aliphatic carbocycles. The molecule has 0 saturated heterocycles. The van der Waals surface area contributed by atoms with Crippen molar-refractivity contribution in [3.63, 3.8) is 0 Å². The molecule has 0 aliphatic heterocycles. The second-order valence-corrected chi connectivity index (χ2v) is 15.5. The molecule has 0 rings (SSSR count). The second-order valence-electron chi connectivity index (χ2n) is 14.1. The van der Waals surface area contributed by atoms with Crippen LogP contribution in [0.2, 0.25) is 0 Å². The lowest BCUT2D eigenvalue weighted by molar-refractivity contribution is -0.870. The molecular weight excluding hydrogens is 713 g/mol. The van der Waals surface area contributed by atoms with E-state index in [0.717, 1.165) is 44.9 Å². The molecule has 9 nitrogen and oxygen atoms in total. The number of ether oxygens (including phenoxy) is 2. The SMILES string of the molecule is CC/C=C/C=C/C=C/C=C/C=C/CCCC(=O)OC(COC(=O)CCCCCCC/C=C/C=C/C=C/C=C/CCCCC)COP(=O)([O-])OCC[N+](C)(C)C. The Morgan fingerprint density at radius 1 is 0.582 bits per heavy atom. The van der Waals surface area contributed by atoms with E-state index in [9.17, 15) is 19.0 Å². The third-order valence-electron chi connectivity index (χ3n) is 7.75. The van der Waals surface area contributed by atoms with Crippen LogP contribution in [0.5, 0.6) is 0 Å². The van der Waals surface area contributed by atoms with Crippen molar-refractivity contribution in [3.8, 4) is 0 Å². The van der Waals surface area contributed by atoms with E-state index in [-0.39, 0.29) is 26.1 Å². The predicted octanol–water partition coefficient (Wildman–Crippen LogP) is 10.5. The molecule has 0 spiro atoms. The van der Waals surface area contributed by atoms with Crippen molar-refractivity contribution in [2.75, 3.05) is 47.5 Å². The van der Waals surface area contributed by atoms with Gasteiger partial charge in [0, 0.05) is 12.8 Å². The Balaban J connectivity index is 4.58. The molecule has 0 aromatic heterocycles. The number of hydrogen-bond donors (Lipinski definition) is 0. The third kappa shape index (κ3) is 40.2. The van der Waals surface area contributed by atoms with Gasteiger partial charge in [-0.1, -0.05) is 155 Å². The van der Waals surface area contributed by atoms with Crippen molar-refractivity contribution in [3.05, 3.63) is 109 Å². The van der Waals surface area contributed by atoms with Crippen LogP contribution < -0.4 is 4.89 Å². The predicted molar refractivity (Wildman–Crippen MR) is 226 cm³/mol. The van der Waals surface area contributed by atoms with E-state index in [2.05, 4.69) is 50.3 Å². The van der Waals surface area contributed by atoms with Crippen LogP contribution in [-0.4, -0.2) is 70.0 Å². The first-order valence-electron chi connectivity index (χ1n) is 20.2. The molecule has 0 aromatic carbocycles. The highest BCUT2D eigenvalue weighted by Crippen LogP contribution is 2.38. The highest BCUT2D eigenvalue weighted by Gasteiger charge is 2.21. The number of likely N-dealkylation sites (N-methyl/N-ethyl adjacent to an activating group) is 1. The van der Waals surface area contributed by atoms with Gasteiger partial charge in [-0.3, -0.25) is 14.2 Å². The molecule has 55 heavy (non-hydrogen) atoms. The lowest BCUT2D eigenvalue weighted by atomic mass is 10.1. The van der Waals surface area contributed by atoms with Gasteiger partial charge in [-0.25, -0.2) is 0 Å². The summed E-state index contributed by atoms with van der Waals surface area (Å²) in [5, 5.41) is 0. The highest BCUT2D eigenvalue weighted by atomic mass is 31.2. The van der Waals surface area contributed by atoms with E-state index in [4.69, 9.17) is 18.5 Å². The maximum absolute atomic E-state index is 12.6. The van der Waals surface area contributed by atoms with Crippen LogP contribution >= 0.6 is 7.82 Å². The van der Waals surface area contributed by atoms with E-state index in [1.165, 1.54) is 19.3 Å². The topological polar surface area (TPSA) is 111 Å². The summed E-state index contributed by atoms with van der Waals surface area (Å²) in [5.41, 5.74) is 0. The van der Waals surface area contributed by atoms with Crippen molar-refractivity contribution in [2.24, 2.45) is 0 Å². The number of carbonyl (C=O) groups excluding carboxylic acids is 2. The Kier molecular flexibility index (Phi) is 34.1. The lowest BCUT2D eigenvalue weighted by Gasteiger charge is -2.28. The average Bonchev–Trinajstić information content (AvgIpc) is 3.13. The number of allylic oxidation sites excluding steroid dienone is 18. The van der Waals surface area contributed by atoms with Crippen LogP contribution in [0.25, 0.3) is 0 Å². The minimum absolute atomic E-state index is 0.0557. The first-order valence-corrected chi connectivity index (χ1v) is 21.7. The number of carbonyl (C=O) groups is 2. The summed E-state index contributed by atoms with van der Waals surface area (Å²) in [6, 6.07) is 0. The molecule has 10 heteroatoms. The quantitative estimate of drug-likeness (QED) is 0.0208. The molecule has 0 bridgehead atoms. The zero-order chi connectivity index (χ0) is 40.7. The van der Waals surface area contributed by atoms with Gasteiger partial charge in [-0.2, -0.15) is 0 Å². The molecule has 0 fully saturated rings. The smallest absolute Gasteiger partial charge is 0.306 e. The van der Waals surface area contributed by atoms with E-state index >= 15 is 0 Å². The van der Waals surface area contributed by atoms with Gasteiger partial charge in [0.05, 0.1) is 27.7 Å². The van der Waals surface area contributed by atoms with Crippen LogP contribution in [-0.2, 0) is 32.7 Å². The standard InChI is InChI=1S/C45H72NO8P/c1-6-8-10-12-14-16-18-20-21-22-23-24-26-27-29-31-33-35-37-44(47)51-41-43(42-53-55(49,50)52-40-39-46(3,4)5)54-45(48)38-36-34-32-30-28-25-19-17-15-13-11-9-7-2/h9,11,13-25,28,30,32,43H,6-8,10,12,26-27,29,31,33-42H2,1-5H3/b11-9+,15-13+,16-14+,19-17+,20-18+,22-21+,24-23+,28-25+,32-30+. The van der Waals surface area contributed by atoms with Gasteiger partial charge < -0.3 is 27.9 Å². The summed E-state index contributed by atoms with van der Waals surface area (Å²) in [4.78, 5) is 37.4. The van der Waals surface area contributed by atoms with Crippen LogP contribution in [0.4, 0.5) is 0 Å². The molecular formula is C45H72NO8P.